The molecule has 86 valence electrons. The van der Waals surface area contributed by atoms with Gasteiger partial charge < -0.3 is 15.3 Å². The van der Waals surface area contributed by atoms with E-state index in [9.17, 15) is 9.90 Å². The monoisotopic (exact) mass is 212 g/mol. The fourth-order valence-corrected chi connectivity index (χ4v) is 2.41. The van der Waals surface area contributed by atoms with Crippen molar-refractivity contribution in [3.8, 4) is 0 Å². The number of amides is 1. The van der Waals surface area contributed by atoms with Crippen LogP contribution in [0.5, 0.6) is 0 Å². The Labute approximate surface area is 90.6 Å². The predicted octanol–water partition coefficient (Wildman–Crippen LogP) is -0.0307. The minimum atomic E-state index is -0.290. The van der Waals surface area contributed by atoms with Crippen LogP contribution in [-0.2, 0) is 4.79 Å². The minimum absolute atomic E-state index is 0.221. The van der Waals surface area contributed by atoms with Crippen molar-refractivity contribution in [1.82, 2.24) is 10.2 Å². The zero-order chi connectivity index (χ0) is 10.7. The third-order valence-electron chi connectivity index (χ3n) is 3.44. The molecule has 2 fully saturated rings. The van der Waals surface area contributed by atoms with Gasteiger partial charge in [0.15, 0.2) is 0 Å². The number of nitrogens with zero attached hydrogens (tertiary/aromatic N) is 1. The molecule has 4 nitrogen and oxygen atoms in total. The smallest absolute Gasteiger partial charge is 0.222 e. The van der Waals surface area contributed by atoms with Crippen LogP contribution in [0, 0.1) is 5.92 Å². The van der Waals surface area contributed by atoms with Gasteiger partial charge in [-0.2, -0.15) is 0 Å². The molecule has 2 rings (SSSR count). The summed E-state index contributed by atoms with van der Waals surface area (Å²) in [6, 6.07) is 0. The van der Waals surface area contributed by atoms with Crippen molar-refractivity contribution in [2.24, 2.45) is 5.92 Å². The van der Waals surface area contributed by atoms with Gasteiger partial charge in [-0.3, -0.25) is 4.79 Å². The Hall–Kier alpha value is -0.610. The van der Waals surface area contributed by atoms with Crippen LogP contribution in [0.25, 0.3) is 0 Å². The molecule has 0 aromatic rings. The number of aliphatic hydroxyl groups excluding tert-OH is 1. The molecule has 1 amide bonds. The highest BCUT2D eigenvalue weighted by molar-refractivity contribution is 5.76. The summed E-state index contributed by atoms with van der Waals surface area (Å²) in [5.74, 6) is 0.903. The van der Waals surface area contributed by atoms with Crippen LogP contribution in [-0.4, -0.2) is 48.2 Å². The van der Waals surface area contributed by atoms with Crippen molar-refractivity contribution < 1.29 is 9.90 Å². The lowest BCUT2D eigenvalue weighted by Crippen LogP contribution is -2.29. The first kappa shape index (κ1) is 10.9. The molecule has 4 heteroatoms. The third-order valence-corrected chi connectivity index (χ3v) is 3.44. The van der Waals surface area contributed by atoms with Gasteiger partial charge in [0.1, 0.15) is 0 Å². The molecule has 15 heavy (non-hydrogen) atoms. The summed E-state index contributed by atoms with van der Waals surface area (Å²) in [5.41, 5.74) is 0. The van der Waals surface area contributed by atoms with Crippen molar-refractivity contribution in [3.63, 3.8) is 0 Å². The maximum absolute atomic E-state index is 11.7. The van der Waals surface area contributed by atoms with Crippen LogP contribution in [0.2, 0.25) is 0 Å². The molecule has 2 aliphatic rings. The van der Waals surface area contributed by atoms with Crippen molar-refractivity contribution in [2.75, 3.05) is 26.2 Å². The van der Waals surface area contributed by atoms with Gasteiger partial charge in [-0.1, -0.05) is 0 Å². The molecule has 1 unspecified atom stereocenters. The number of nitrogens with one attached hydrogen (secondary N) is 1. The summed E-state index contributed by atoms with van der Waals surface area (Å²) in [6.07, 6.45) is 3.31. The summed E-state index contributed by atoms with van der Waals surface area (Å²) < 4.78 is 0. The SMILES string of the molecule is O=C(CCC1CCNC1)N1CC[C@@H](O)C1. The van der Waals surface area contributed by atoms with E-state index in [1.165, 1.54) is 6.42 Å². The van der Waals surface area contributed by atoms with Gasteiger partial charge in [0.05, 0.1) is 6.10 Å². The van der Waals surface area contributed by atoms with Crippen LogP contribution in [0.1, 0.15) is 25.7 Å². The molecule has 0 radical (unpaired) electrons. The zero-order valence-electron chi connectivity index (χ0n) is 9.11. The highest BCUT2D eigenvalue weighted by Gasteiger charge is 2.25. The molecule has 2 aliphatic heterocycles. The highest BCUT2D eigenvalue weighted by atomic mass is 16.3. The largest absolute Gasteiger partial charge is 0.391 e. The van der Waals surface area contributed by atoms with Gasteiger partial charge in [-0.05, 0) is 38.3 Å². The molecule has 0 saturated carbocycles. The van der Waals surface area contributed by atoms with E-state index in [1.807, 2.05) is 0 Å². The second kappa shape index (κ2) is 4.94. The van der Waals surface area contributed by atoms with Crippen LogP contribution in [0.4, 0.5) is 0 Å². The van der Waals surface area contributed by atoms with Crippen molar-refractivity contribution in [1.29, 1.82) is 0 Å². The standard InChI is InChI=1S/C11H20N2O2/c14-10-4-6-13(8-10)11(15)2-1-9-3-5-12-7-9/h9-10,12,14H,1-8H2/t9?,10-/m1/s1. The maximum Gasteiger partial charge on any atom is 0.222 e. The first-order chi connectivity index (χ1) is 7.25. The fraction of sp³-hybridized carbons (Fsp3) is 0.909. The Morgan fingerprint density at radius 1 is 1.47 bits per heavy atom. The average molecular weight is 212 g/mol. The number of carbonyl (C=O) groups is 1. The Morgan fingerprint density at radius 3 is 2.93 bits per heavy atom. The van der Waals surface area contributed by atoms with E-state index < -0.39 is 0 Å². The molecule has 2 heterocycles. The summed E-state index contributed by atoms with van der Waals surface area (Å²) in [7, 11) is 0. The van der Waals surface area contributed by atoms with E-state index in [2.05, 4.69) is 5.32 Å². The van der Waals surface area contributed by atoms with Gasteiger partial charge in [0.25, 0.3) is 0 Å². The van der Waals surface area contributed by atoms with Gasteiger partial charge >= 0.3 is 0 Å². The highest BCUT2D eigenvalue weighted by Crippen LogP contribution is 2.17. The van der Waals surface area contributed by atoms with Gasteiger partial charge in [0, 0.05) is 19.5 Å². The second-order valence-electron chi connectivity index (χ2n) is 4.68. The van der Waals surface area contributed by atoms with Crippen LogP contribution >= 0.6 is 0 Å². The molecular formula is C11H20N2O2. The lowest BCUT2D eigenvalue weighted by atomic mass is 10.0. The number of aliphatic hydroxyl groups is 1. The Morgan fingerprint density at radius 2 is 2.33 bits per heavy atom. The lowest BCUT2D eigenvalue weighted by Gasteiger charge is -2.16. The number of hydrogen-bond donors (Lipinski definition) is 2. The number of rotatable bonds is 3. The Bertz CT molecular complexity index is 227. The fourth-order valence-electron chi connectivity index (χ4n) is 2.41. The molecule has 2 N–H and O–H groups in total. The first-order valence-electron chi connectivity index (χ1n) is 5.92. The van der Waals surface area contributed by atoms with Crippen molar-refractivity contribution in [2.45, 2.75) is 31.8 Å². The van der Waals surface area contributed by atoms with E-state index >= 15 is 0 Å². The van der Waals surface area contributed by atoms with Crippen LogP contribution in [0.3, 0.4) is 0 Å². The summed E-state index contributed by atoms with van der Waals surface area (Å²) in [5, 5.41) is 12.6. The number of likely N-dealkylation sites (tertiary alicyclic amines) is 1. The topological polar surface area (TPSA) is 52.6 Å². The zero-order valence-corrected chi connectivity index (χ0v) is 9.11. The molecule has 0 aliphatic carbocycles. The first-order valence-corrected chi connectivity index (χ1v) is 5.92. The Balaban J connectivity index is 1.67. The van der Waals surface area contributed by atoms with E-state index in [0.717, 1.165) is 32.5 Å². The van der Waals surface area contributed by atoms with Crippen LogP contribution < -0.4 is 5.32 Å². The van der Waals surface area contributed by atoms with Gasteiger partial charge in [-0.25, -0.2) is 0 Å². The summed E-state index contributed by atoms with van der Waals surface area (Å²) in [6.45, 7) is 3.45. The van der Waals surface area contributed by atoms with Crippen molar-refractivity contribution in [3.05, 3.63) is 0 Å². The molecular weight excluding hydrogens is 192 g/mol. The Kier molecular flexibility index (Phi) is 3.59. The number of carbonyl (C=O) groups excluding carboxylic acids is 1. The third kappa shape index (κ3) is 2.92. The molecule has 0 bridgehead atoms. The number of β-amino-alcohol motifs (C(OH)–C–C–N with tert-alkyl or cyclic N) is 1. The maximum atomic E-state index is 11.7. The summed E-state index contributed by atoms with van der Waals surface area (Å²) in [4.78, 5) is 13.5. The number of hydrogen-bond acceptors (Lipinski definition) is 3. The van der Waals surface area contributed by atoms with E-state index in [4.69, 9.17) is 0 Å². The van der Waals surface area contributed by atoms with Crippen LogP contribution in [0.15, 0.2) is 0 Å². The van der Waals surface area contributed by atoms with E-state index in [0.29, 0.717) is 18.9 Å². The quantitative estimate of drug-likeness (QED) is 0.690. The molecule has 0 aromatic carbocycles. The predicted molar refractivity (Wildman–Crippen MR) is 57.4 cm³/mol. The van der Waals surface area contributed by atoms with Crippen molar-refractivity contribution >= 4 is 5.91 Å². The van der Waals surface area contributed by atoms with E-state index in [-0.39, 0.29) is 12.0 Å². The van der Waals surface area contributed by atoms with Gasteiger partial charge in [0.2, 0.25) is 5.91 Å². The van der Waals surface area contributed by atoms with E-state index in [1.54, 1.807) is 4.90 Å². The van der Waals surface area contributed by atoms with Gasteiger partial charge in [-0.15, -0.1) is 0 Å². The molecule has 2 saturated heterocycles. The molecule has 0 aromatic heterocycles. The summed E-state index contributed by atoms with van der Waals surface area (Å²) >= 11 is 0. The average Bonchev–Trinajstić information content (AvgIpc) is 2.84. The molecule has 2 atom stereocenters. The molecule has 0 spiro atoms. The normalized spacial score (nSPS) is 31.1. The lowest BCUT2D eigenvalue weighted by molar-refractivity contribution is -0.130. The second-order valence-corrected chi connectivity index (χ2v) is 4.68. The minimum Gasteiger partial charge on any atom is -0.391 e.